The largest absolute Gasteiger partial charge is 0.353 e. The van der Waals surface area contributed by atoms with Crippen LogP contribution in [0, 0.1) is 10.8 Å². The van der Waals surface area contributed by atoms with Gasteiger partial charge in [0, 0.05) is 34.9 Å². The lowest BCUT2D eigenvalue weighted by molar-refractivity contribution is -0.139. The van der Waals surface area contributed by atoms with Gasteiger partial charge in [0.05, 0.1) is 0 Å². The minimum atomic E-state index is -0.371. The fourth-order valence-corrected chi connectivity index (χ4v) is 1.65. The third-order valence-electron chi connectivity index (χ3n) is 2.13. The first-order valence-corrected chi connectivity index (χ1v) is 5.20. The number of nitrogens with one attached hydrogen (secondary N) is 1. The summed E-state index contributed by atoms with van der Waals surface area (Å²) in [6.07, 6.45) is 0.613. The lowest BCUT2D eigenvalue weighted by atomic mass is 10.1. The SMILES string of the molecule is CCC1C(=O)NCCN1C(=O)C#CBr. The van der Waals surface area contributed by atoms with Crippen molar-refractivity contribution < 1.29 is 9.59 Å². The van der Waals surface area contributed by atoms with Crippen molar-refractivity contribution >= 4 is 27.7 Å². The van der Waals surface area contributed by atoms with Crippen LogP contribution in [0.1, 0.15) is 13.3 Å². The molecular weight excluding hydrogens is 248 g/mol. The Morgan fingerprint density at radius 2 is 2.50 bits per heavy atom. The van der Waals surface area contributed by atoms with Gasteiger partial charge in [-0.15, -0.1) is 0 Å². The van der Waals surface area contributed by atoms with E-state index >= 15 is 0 Å². The average molecular weight is 259 g/mol. The Morgan fingerprint density at radius 1 is 1.79 bits per heavy atom. The third kappa shape index (κ3) is 2.26. The topological polar surface area (TPSA) is 49.4 Å². The lowest BCUT2D eigenvalue weighted by Gasteiger charge is -2.32. The second-order valence-electron chi connectivity index (χ2n) is 2.93. The molecule has 4 nitrogen and oxygen atoms in total. The predicted molar refractivity (Wildman–Crippen MR) is 55.5 cm³/mol. The van der Waals surface area contributed by atoms with E-state index in [0.717, 1.165) is 0 Å². The van der Waals surface area contributed by atoms with Gasteiger partial charge in [-0.05, 0) is 11.3 Å². The van der Waals surface area contributed by atoms with Crippen molar-refractivity contribution in [1.29, 1.82) is 0 Å². The van der Waals surface area contributed by atoms with Gasteiger partial charge >= 0.3 is 0 Å². The summed E-state index contributed by atoms with van der Waals surface area (Å²) >= 11 is 2.86. The average Bonchev–Trinajstić information content (AvgIpc) is 2.17. The van der Waals surface area contributed by atoms with Crippen LogP contribution in [-0.4, -0.2) is 35.8 Å². The van der Waals surface area contributed by atoms with Gasteiger partial charge in [-0.3, -0.25) is 9.59 Å². The summed E-state index contributed by atoms with van der Waals surface area (Å²) in [6, 6.07) is -0.371. The molecular formula is C9H11BrN2O2. The summed E-state index contributed by atoms with van der Waals surface area (Å²) < 4.78 is 0. The molecule has 0 aromatic heterocycles. The van der Waals surface area contributed by atoms with Gasteiger partial charge < -0.3 is 10.2 Å². The number of hydrogen-bond donors (Lipinski definition) is 1. The molecule has 1 fully saturated rings. The van der Waals surface area contributed by atoms with Crippen LogP contribution in [0.25, 0.3) is 0 Å². The molecule has 1 unspecified atom stereocenters. The molecule has 5 heteroatoms. The number of piperazine rings is 1. The Labute approximate surface area is 91.2 Å². The predicted octanol–water partition coefficient (Wildman–Crippen LogP) is 0.0792. The molecule has 0 aromatic carbocycles. The normalized spacial score (nSPS) is 20.9. The van der Waals surface area contributed by atoms with E-state index in [4.69, 9.17) is 0 Å². The minimum absolute atomic E-state index is 0.0940. The standard InChI is InChI=1S/C9H11BrN2O2/c1-2-7-9(14)11-5-6-12(7)8(13)3-4-10/h7H,2,5-6H2,1H3,(H,11,14). The quantitative estimate of drug-likeness (QED) is 0.678. The van der Waals surface area contributed by atoms with Crippen LogP contribution in [-0.2, 0) is 9.59 Å². The highest BCUT2D eigenvalue weighted by molar-refractivity contribution is 9.12. The van der Waals surface area contributed by atoms with Crippen LogP contribution in [0.4, 0.5) is 0 Å². The second kappa shape index (κ2) is 5.01. The maximum Gasteiger partial charge on any atom is 0.300 e. The summed E-state index contributed by atoms with van der Waals surface area (Å²) in [4.78, 5) is 26.7. The number of rotatable bonds is 1. The Balaban J connectivity index is 2.77. The number of carbonyl (C=O) groups excluding carboxylic acids is 2. The van der Waals surface area contributed by atoms with E-state index in [0.29, 0.717) is 19.5 Å². The number of carbonyl (C=O) groups is 2. The second-order valence-corrected chi connectivity index (χ2v) is 3.33. The zero-order chi connectivity index (χ0) is 10.6. The summed E-state index contributed by atoms with van der Waals surface area (Å²) in [5, 5.41) is 2.72. The zero-order valence-corrected chi connectivity index (χ0v) is 9.43. The number of hydrogen-bond acceptors (Lipinski definition) is 2. The highest BCUT2D eigenvalue weighted by Crippen LogP contribution is 2.08. The molecule has 1 aliphatic rings. The molecule has 1 heterocycles. The van der Waals surface area contributed by atoms with Crippen molar-refractivity contribution in [2.45, 2.75) is 19.4 Å². The van der Waals surface area contributed by atoms with E-state index < -0.39 is 0 Å². The van der Waals surface area contributed by atoms with E-state index in [-0.39, 0.29) is 17.9 Å². The fraction of sp³-hybridized carbons (Fsp3) is 0.556. The first kappa shape index (κ1) is 11.1. The Hall–Kier alpha value is -1.02. The monoisotopic (exact) mass is 258 g/mol. The van der Waals surface area contributed by atoms with Crippen molar-refractivity contribution in [2.75, 3.05) is 13.1 Å². The molecule has 0 saturated carbocycles. The molecule has 1 saturated heterocycles. The van der Waals surface area contributed by atoms with Crippen LogP contribution in [0.3, 0.4) is 0 Å². The lowest BCUT2D eigenvalue weighted by Crippen LogP contribution is -2.56. The van der Waals surface area contributed by atoms with Gasteiger partial charge in [0.2, 0.25) is 5.91 Å². The van der Waals surface area contributed by atoms with Crippen LogP contribution >= 0.6 is 15.9 Å². The van der Waals surface area contributed by atoms with Gasteiger partial charge in [0.25, 0.3) is 5.91 Å². The minimum Gasteiger partial charge on any atom is -0.353 e. The first-order chi connectivity index (χ1) is 6.70. The molecule has 1 N–H and O–H groups in total. The van der Waals surface area contributed by atoms with Gasteiger partial charge in [-0.1, -0.05) is 6.92 Å². The third-order valence-corrected chi connectivity index (χ3v) is 2.33. The van der Waals surface area contributed by atoms with E-state index in [1.807, 2.05) is 6.92 Å². The number of halogens is 1. The fourth-order valence-electron chi connectivity index (χ4n) is 1.48. The maximum absolute atomic E-state index is 11.5. The van der Waals surface area contributed by atoms with Crippen LogP contribution in [0.2, 0.25) is 0 Å². The highest BCUT2D eigenvalue weighted by atomic mass is 79.9. The molecule has 0 bridgehead atoms. The van der Waals surface area contributed by atoms with Crippen molar-refractivity contribution in [3.63, 3.8) is 0 Å². The Kier molecular flexibility index (Phi) is 3.96. The number of amides is 2. The summed E-state index contributed by atoms with van der Waals surface area (Å²) in [7, 11) is 0. The molecule has 1 rings (SSSR count). The van der Waals surface area contributed by atoms with Crippen molar-refractivity contribution in [3.8, 4) is 10.8 Å². The van der Waals surface area contributed by atoms with Crippen molar-refractivity contribution in [3.05, 3.63) is 0 Å². The molecule has 1 atom stereocenters. The van der Waals surface area contributed by atoms with E-state index in [2.05, 4.69) is 32.0 Å². The van der Waals surface area contributed by atoms with E-state index in [1.54, 1.807) is 0 Å². The zero-order valence-electron chi connectivity index (χ0n) is 7.84. The van der Waals surface area contributed by atoms with Gasteiger partial charge in [0.15, 0.2) is 0 Å². The summed E-state index contributed by atoms with van der Waals surface area (Å²) in [5.74, 6) is 1.98. The van der Waals surface area contributed by atoms with Gasteiger partial charge in [-0.2, -0.15) is 0 Å². The van der Waals surface area contributed by atoms with Crippen LogP contribution in [0.15, 0.2) is 0 Å². The van der Waals surface area contributed by atoms with Gasteiger partial charge in [-0.25, -0.2) is 0 Å². The molecule has 1 aliphatic heterocycles. The molecule has 0 radical (unpaired) electrons. The van der Waals surface area contributed by atoms with Crippen molar-refractivity contribution in [1.82, 2.24) is 10.2 Å². The number of nitrogens with zero attached hydrogens (tertiary/aromatic N) is 1. The van der Waals surface area contributed by atoms with E-state index in [1.165, 1.54) is 4.90 Å². The Morgan fingerprint density at radius 3 is 3.07 bits per heavy atom. The Bertz CT molecular complexity index is 306. The molecule has 0 aliphatic carbocycles. The maximum atomic E-state index is 11.5. The molecule has 0 spiro atoms. The van der Waals surface area contributed by atoms with Crippen LogP contribution < -0.4 is 5.32 Å². The van der Waals surface area contributed by atoms with E-state index in [9.17, 15) is 9.59 Å². The summed E-state index contributed by atoms with van der Waals surface area (Å²) in [5.41, 5.74) is 0. The first-order valence-electron chi connectivity index (χ1n) is 4.40. The highest BCUT2D eigenvalue weighted by Gasteiger charge is 2.30. The van der Waals surface area contributed by atoms with Crippen molar-refractivity contribution in [2.24, 2.45) is 0 Å². The molecule has 0 aromatic rings. The van der Waals surface area contributed by atoms with Gasteiger partial charge in [0.1, 0.15) is 6.04 Å². The molecule has 14 heavy (non-hydrogen) atoms. The molecule has 76 valence electrons. The summed E-state index contributed by atoms with van der Waals surface area (Å²) in [6.45, 7) is 2.91. The smallest absolute Gasteiger partial charge is 0.300 e. The molecule has 2 amide bonds. The van der Waals surface area contributed by atoms with Crippen LogP contribution in [0.5, 0.6) is 0 Å².